The maximum atomic E-state index is 5.57. The van der Waals surface area contributed by atoms with Crippen molar-refractivity contribution in [2.45, 2.75) is 26.7 Å². The molecule has 5 nitrogen and oxygen atoms in total. The van der Waals surface area contributed by atoms with E-state index in [1.165, 1.54) is 0 Å². The van der Waals surface area contributed by atoms with E-state index < -0.39 is 0 Å². The first-order valence-corrected chi connectivity index (χ1v) is 6.16. The summed E-state index contributed by atoms with van der Waals surface area (Å²) >= 11 is 0. The van der Waals surface area contributed by atoms with Crippen molar-refractivity contribution in [2.75, 3.05) is 26.9 Å². The Balaban J connectivity index is 4.49. The van der Waals surface area contributed by atoms with E-state index in [1.807, 2.05) is 6.92 Å². The summed E-state index contributed by atoms with van der Waals surface area (Å²) in [5.41, 5.74) is 6.34. The van der Waals surface area contributed by atoms with Crippen LogP contribution in [0.2, 0.25) is 0 Å². The first-order chi connectivity index (χ1) is 8.61. The van der Waals surface area contributed by atoms with Gasteiger partial charge in [-0.1, -0.05) is 19.9 Å². The smallest absolute Gasteiger partial charge is 0.156 e. The zero-order valence-electron chi connectivity index (χ0n) is 11.7. The van der Waals surface area contributed by atoms with Gasteiger partial charge in [0, 0.05) is 13.7 Å². The Hall–Kier alpha value is -1.49. The highest BCUT2D eigenvalue weighted by atomic mass is 16.5. The number of nitrogens with two attached hydrogens (primary N) is 1. The number of methoxy groups -OCH3 is 1. The number of allylic oxidation sites excluding steroid dienone is 2. The van der Waals surface area contributed by atoms with Crippen LogP contribution in [0.3, 0.4) is 0 Å². The maximum absolute atomic E-state index is 5.57. The van der Waals surface area contributed by atoms with E-state index in [0.29, 0.717) is 19.0 Å². The topological polar surface area (TPSA) is 68.9 Å². The number of ether oxygens (including phenoxy) is 2. The number of unbranched alkanes of at least 4 members (excludes halogenated alkanes) is 1. The van der Waals surface area contributed by atoms with E-state index in [-0.39, 0.29) is 5.82 Å². The van der Waals surface area contributed by atoms with Crippen molar-refractivity contribution < 1.29 is 9.47 Å². The molecule has 0 aliphatic rings. The highest BCUT2D eigenvalue weighted by Crippen LogP contribution is 2.02. The summed E-state index contributed by atoms with van der Waals surface area (Å²) in [5, 5.41) is 3.29. The van der Waals surface area contributed by atoms with Gasteiger partial charge in [-0.25, -0.2) is 4.99 Å². The van der Waals surface area contributed by atoms with E-state index in [9.17, 15) is 0 Å². The fraction of sp³-hybridized carbons (Fsp3) is 0.615. The Kier molecular flexibility index (Phi) is 9.77. The second-order valence-corrected chi connectivity index (χ2v) is 3.86. The molecule has 0 rings (SSSR count). The third-order valence-corrected chi connectivity index (χ3v) is 2.18. The van der Waals surface area contributed by atoms with E-state index >= 15 is 0 Å². The fourth-order valence-electron chi connectivity index (χ4n) is 1.16. The van der Waals surface area contributed by atoms with Gasteiger partial charge in [0.05, 0.1) is 18.5 Å². The molecule has 0 unspecified atom stereocenters. The van der Waals surface area contributed by atoms with Crippen LogP contribution in [0.1, 0.15) is 26.7 Å². The molecule has 3 N–H and O–H groups in total. The number of hydrogen-bond acceptors (Lipinski definition) is 5. The van der Waals surface area contributed by atoms with Crippen molar-refractivity contribution in [3.05, 3.63) is 23.9 Å². The molecule has 0 bridgehead atoms. The lowest BCUT2D eigenvalue weighted by molar-refractivity contribution is 0.116. The summed E-state index contributed by atoms with van der Waals surface area (Å²) in [6.07, 6.45) is 3.84. The number of hydrogen-bond donors (Lipinski definition) is 2. The van der Waals surface area contributed by atoms with Gasteiger partial charge in [-0.05, 0) is 13.3 Å². The van der Waals surface area contributed by atoms with Crippen LogP contribution in [0.15, 0.2) is 28.8 Å². The first kappa shape index (κ1) is 16.5. The highest BCUT2D eigenvalue weighted by Gasteiger charge is 2.01. The predicted molar refractivity (Wildman–Crippen MR) is 75.3 cm³/mol. The minimum absolute atomic E-state index is 0.254. The molecule has 0 radical (unpaired) electrons. The molecule has 5 heteroatoms. The number of nitrogens with one attached hydrogen (secondary N) is 1. The van der Waals surface area contributed by atoms with Crippen LogP contribution >= 0.6 is 0 Å². The Morgan fingerprint density at radius 2 is 2.17 bits per heavy atom. The van der Waals surface area contributed by atoms with Crippen molar-refractivity contribution in [1.82, 2.24) is 5.32 Å². The largest absolute Gasteiger partial charge is 0.488 e. The normalized spacial score (nSPS) is 12.4. The van der Waals surface area contributed by atoms with Crippen molar-refractivity contribution in [1.29, 1.82) is 0 Å². The molecule has 0 spiro atoms. The molecule has 18 heavy (non-hydrogen) atoms. The van der Waals surface area contributed by atoms with Crippen LogP contribution < -0.4 is 11.1 Å². The van der Waals surface area contributed by atoms with Crippen molar-refractivity contribution in [2.24, 2.45) is 10.7 Å². The highest BCUT2D eigenvalue weighted by molar-refractivity contribution is 5.77. The van der Waals surface area contributed by atoms with Gasteiger partial charge in [-0.15, -0.1) is 0 Å². The molecule has 104 valence electrons. The Morgan fingerprint density at radius 1 is 1.44 bits per heavy atom. The van der Waals surface area contributed by atoms with Crippen LogP contribution in [0, 0.1) is 0 Å². The van der Waals surface area contributed by atoms with E-state index in [4.69, 9.17) is 15.2 Å². The van der Waals surface area contributed by atoms with E-state index in [0.717, 1.165) is 25.1 Å². The summed E-state index contributed by atoms with van der Waals surface area (Å²) in [5.74, 6) is 0.916. The monoisotopic (exact) mass is 255 g/mol. The minimum atomic E-state index is 0.254. The van der Waals surface area contributed by atoms with Crippen LogP contribution in [0.25, 0.3) is 0 Å². The molecule has 0 aliphatic heterocycles. The second-order valence-electron chi connectivity index (χ2n) is 3.86. The molecular formula is C13H25N3O2. The summed E-state index contributed by atoms with van der Waals surface area (Å²) < 4.78 is 10.5. The molecule has 0 saturated heterocycles. The molecule has 0 aromatic rings. The Labute approximate surface area is 110 Å². The Morgan fingerprint density at radius 3 is 2.72 bits per heavy atom. The average molecular weight is 255 g/mol. The minimum Gasteiger partial charge on any atom is -0.488 e. The van der Waals surface area contributed by atoms with Gasteiger partial charge in [0.25, 0.3) is 0 Å². The standard InChI is InChI=1S/C13H25N3O2/c1-5-6-7-15-11(2)13(10-16-12(3)14)18-9-8-17-4/h10,15H,3,5-9,14H2,1-2,4H3/b13-11-,16-10?. The Bertz CT molecular complexity index is 299. The molecule has 0 aromatic heterocycles. The molecule has 0 heterocycles. The third-order valence-electron chi connectivity index (χ3n) is 2.18. The predicted octanol–water partition coefficient (Wildman–Crippen LogP) is 1.77. The first-order valence-electron chi connectivity index (χ1n) is 6.16. The molecule has 0 saturated carbocycles. The quantitative estimate of drug-likeness (QED) is 0.354. The third kappa shape index (κ3) is 8.64. The molecule has 0 amide bonds. The van der Waals surface area contributed by atoms with Gasteiger partial charge in [-0.2, -0.15) is 0 Å². The van der Waals surface area contributed by atoms with Crippen LogP contribution in [-0.4, -0.2) is 33.1 Å². The lowest BCUT2D eigenvalue weighted by atomic mass is 10.3. The molecular weight excluding hydrogens is 230 g/mol. The molecule has 0 aromatic carbocycles. The van der Waals surface area contributed by atoms with Crippen molar-refractivity contribution >= 4 is 6.21 Å². The van der Waals surface area contributed by atoms with Crippen LogP contribution in [0.5, 0.6) is 0 Å². The van der Waals surface area contributed by atoms with Gasteiger partial charge >= 0.3 is 0 Å². The van der Waals surface area contributed by atoms with Gasteiger partial charge in [0.1, 0.15) is 12.4 Å². The summed E-state index contributed by atoms with van der Waals surface area (Å²) in [6, 6.07) is 0. The zero-order chi connectivity index (χ0) is 13.8. The van der Waals surface area contributed by atoms with Crippen molar-refractivity contribution in [3.63, 3.8) is 0 Å². The van der Waals surface area contributed by atoms with Gasteiger partial charge < -0.3 is 20.5 Å². The summed E-state index contributed by atoms with van der Waals surface area (Å²) in [4.78, 5) is 3.95. The molecule has 0 atom stereocenters. The maximum Gasteiger partial charge on any atom is 0.156 e. The fourth-order valence-corrected chi connectivity index (χ4v) is 1.16. The summed E-state index contributed by atoms with van der Waals surface area (Å²) in [7, 11) is 1.63. The summed E-state index contributed by atoms with van der Waals surface area (Å²) in [6.45, 7) is 9.53. The van der Waals surface area contributed by atoms with Gasteiger partial charge in [-0.3, -0.25) is 0 Å². The zero-order valence-corrected chi connectivity index (χ0v) is 11.7. The van der Waals surface area contributed by atoms with Crippen LogP contribution in [0.4, 0.5) is 0 Å². The van der Waals surface area contributed by atoms with Crippen molar-refractivity contribution in [3.8, 4) is 0 Å². The van der Waals surface area contributed by atoms with Gasteiger partial charge in [0.15, 0.2) is 5.76 Å². The van der Waals surface area contributed by atoms with E-state index in [2.05, 4.69) is 23.8 Å². The lowest BCUT2D eigenvalue weighted by Crippen LogP contribution is -2.17. The molecule has 0 aliphatic carbocycles. The number of aliphatic imine (C=N–C) groups is 1. The van der Waals surface area contributed by atoms with Crippen LogP contribution in [-0.2, 0) is 9.47 Å². The second kappa shape index (κ2) is 10.7. The number of rotatable bonds is 10. The lowest BCUT2D eigenvalue weighted by Gasteiger charge is -2.12. The average Bonchev–Trinajstić information content (AvgIpc) is 2.33. The van der Waals surface area contributed by atoms with E-state index in [1.54, 1.807) is 13.3 Å². The molecule has 0 fully saturated rings. The van der Waals surface area contributed by atoms with Gasteiger partial charge in [0.2, 0.25) is 0 Å². The number of nitrogens with zero attached hydrogens (tertiary/aromatic N) is 1. The SMILES string of the molecule is C=C(N)N=C/C(OCCOC)=C(\C)NCCCC.